The van der Waals surface area contributed by atoms with Gasteiger partial charge in [0.25, 0.3) is 0 Å². The Morgan fingerprint density at radius 2 is 1.50 bits per heavy atom. The van der Waals surface area contributed by atoms with E-state index in [9.17, 15) is 30.6 Å². The maximum atomic E-state index is 11.1. The molecule has 0 aromatic rings. The molecule has 2 saturated heterocycles. The second-order valence-electron chi connectivity index (χ2n) is 9.82. The summed E-state index contributed by atoms with van der Waals surface area (Å²) in [7, 11) is 1.58. The number of ether oxygens (including phenoxy) is 4. The lowest BCUT2D eigenvalue weighted by Crippen LogP contribution is -2.69. The Bertz CT molecular complexity index is 675. The van der Waals surface area contributed by atoms with Crippen molar-refractivity contribution in [3.63, 3.8) is 0 Å². The molecule has 1 saturated carbocycles. The van der Waals surface area contributed by atoms with Crippen molar-refractivity contribution in [3.8, 4) is 0 Å². The number of hydrogen-bond acceptors (Lipinski definition) is 14. The molecule has 34 heavy (non-hydrogen) atoms. The quantitative estimate of drug-likeness (QED) is 0.165. The fourth-order valence-corrected chi connectivity index (χ4v) is 4.95. The van der Waals surface area contributed by atoms with E-state index in [2.05, 4.69) is 5.32 Å². The number of rotatable bonds is 6. The molecule has 0 radical (unpaired) electrons. The zero-order valence-electron chi connectivity index (χ0n) is 19.5. The molecule has 2 heterocycles. The molecule has 2 aliphatic heterocycles. The van der Waals surface area contributed by atoms with Gasteiger partial charge in [0.15, 0.2) is 12.6 Å². The van der Waals surface area contributed by atoms with Gasteiger partial charge in [-0.3, -0.25) is 0 Å². The molecule has 1 aliphatic carbocycles. The van der Waals surface area contributed by atoms with E-state index in [1.165, 1.54) is 13.8 Å². The highest BCUT2D eigenvalue weighted by Gasteiger charge is 2.52. The van der Waals surface area contributed by atoms with Crippen molar-refractivity contribution in [1.82, 2.24) is 5.32 Å². The van der Waals surface area contributed by atoms with Gasteiger partial charge in [0, 0.05) is 12.1 Å². The van der Waals surface area contributed by atoms with Gasteiger partial charge in [-0.2, -0.15) is 0 Å². The first-order valence-corrected chi connectivity index (χ1v) is 11.4. The Labute approximate surface area is 197 Å². The standard InChI is InChI=1S/C20H40N4O10/c1-6(25)14-11(27)10(26)9(23)18(32-14)33-15-7(21)4-8(22)16(12(15)28)34-19-13(29)17(24-3)20(2,30)5-31-19/h6-19,24-30H,4-5,21-23H2,1-3H3/t6-,7-,8+,9-,10+,11+,12-,13-,14+,15-,16+,17+,18-,19-,20-/m0/s1. The summed E-state index contributed by atoms with van der Waals surface area (Å²) in [5, 5.41) is 65.2. The van der Waals surface area contributed by atoms with Crippen molar-refractivity contribution in [1.29, 1.82) is 0 Å². The van der Waals surface area contributed by atoms with Gasteiger partial charge in [-0.25, -0.2) is 0 Å². The van der Waals surface area contributed by atoms with Crippen molar-refractivity contribution in [3.05, 3.63) is 0 Å². The molecule has 0 unspecified atom stereocenters. The highest BCUT2D eigenvalue weighted by Crippen LogP contribution is 2.32. The SMILES string of the molecule is CN[C@@H]1[C@H](O)[C@H](O[C@H]2[C@@H](O)[C@@H](O[C@@H]3O[C@H]([C@H](C)O)[C@H](O)[C@H](O)[C@@H]3N)[C@@H](N)C[C@H]2N)OC[C@]1(C)O. The van der Waals surface area contributed by atoms with Crippen LogP contribution in [0.1, 0.15) is 20.3 Å². The highest BCUT2D eigenvalue weighted by molar-refractivity contribution is 5.02. The number of aliphatic hydroxyl groups excluding tert-OH is 5. The number of nitrogens with two attached hydrogens (primary N) is 3. The Morgan fingerprint density at radius 3 is 2.03 bits per heavy atom. The van der Waals surface area contributed by atoms with Crippen molar-refractivity contribution in [2.24, 2.45) is 17.2 Å². The molecule has 3 aliphatic rings. The van der Waals surface area contributed by atoms with E-state index in [1.54, 1.807) is 7.05 Å². The van der Waals surface area contributed by atoms with Crippen LogP contribution in [0.3, 0.4) is 0 Å². The van der Waals surface area contributed by atoms with E-state index in [0.717, 1.165) is 0 Å². The third-order valence-electron chi connectivity index (χ3n) is 6.95. The summed E-state index contributed by atoms with van der Waals surface area (Å²) in [6.07, 6.45) is -12.4. The summed E-state index contributed by atoms with van der Waals surface area (Å²) in [5.74, 6) is 0. The monoisotopic (exact) mass is 496 g/mol. The lowest BCUT2D eigenvalue weighted by Gasteiger charge is -2.49. The molecule has 0 bridgehead atoms. The average Bonchev–Trinajstić information content (AvgIpc) is 2.75. The fraction of sp³-hybridized carbons (Fsp3) is 1.00. The summed E-state index contributed by atoms with van der Waals surface area (Å²) in [6.45, 7) is 2.75. The Kier molecular flexibility index (Phi) is 8.92. The van der Waals surface area contributed by atoms with Crippen molar-refractivity contribution in [2.75, 3.05) is 13.7 Å². The minimum atomic E-state index is -1.46. The molecule has 15 atom stereocenters. The van der Waals surface area contributed by atoms with E-state index < -0.39 is 91.2 Å². The molecule has 14 heteroatoms. The molecule has 0 spiro atoms. The van der Waals surface area contributed by atoms with Crippen LogP contribution in [0.2, 0.25) is 0 Å². The zero-order valence-corrected chi connectivity index (χ0v) is 19.5. The second-order valence-corrected chi connectivity index (χ2v) is 9.82. The van der Waals surface area contributed by atoms with Crippen LogP contribution < -0.4 is 22.5 Å². The molecular weight excluding hydrogens is 456 g/mol. The van der Waals surface area contributed by atoms with Crippen molar-refractivity contribution >= 4 is 0 Å². The summed E-state index contributed by atoms with van der Waals surface area (Å²) < 4.78 is 22.8. The van der Waals surface area contributed by atoms with Crippen molar-refractivity contribution in [2.45, 2.75) is 111 Å². The van der Waals surface area contributed by atoms with Gasteiger partial charge in [0.1, 0.15) is 48.3 Å². The molecule has 13 N–H and O–H groups in total. The smallest absolute Gasteiger partial charge is 0.185 e. The normalized spacial score (nSPS) is 53.5. The Balaban J connectivity index is 1.73. The fourth-order valence-electron chi connectivity index (χ4n) is 4.95. The predicted molar refractivity (Wildman–Crippen MR) is 116 cm³/mol. The molecule has 3 fully saturated rings. The first-order chi connectivity index (χ1) is 15.8. The Morgan fingerprint density at radius 1 is 0.941 bits per heavy atom. The summed E-state index contributed by atoms with van der Waals surface area (Å²) in [5.41, 5.74) is 17.0. The molecular formula is C20H40N4O10. The third kappa shape index (κ3) is 5.40. The van der Waals surface area contributed by atoms with Gasteiger partial charge in [-0.15, -0.1) is 0 Å². The van der Waals surface area contributed by atoms with Gasteiger partial charge in [-0.05, 0) is 27.3 Å². The maximum Gasteiger partial charge on any atom is 0.185 e. The Hall–Kier alpha value is -0.560. The lowest BCUT2D eigenvalue weighted by atomic mass is 9.84. The van der Waals surface area contributed by atoms with Crippen LogP contribution in [0.4, 0.5) is 0 Å². The van der Waals surface area contributed by atoms with Crippen LogP contribution in [0, 0.1) is 0 Å². The van der Waals surface area contributed by atoms with E-state index in [-0.39, 0.29) is 13.0 Å². The van der Waals surface area contributed by atoms with Gasteiger partial charge < -0.3 is 72.1 Å². The summed E-state index contributed by atoms with van der Waals surface area (Å²) in [4.78, 5) is 0. The topological polar surface area (TPSA) is 248 Å². The van der Waals surface area contributed by atoms with Crippen LogP contribution in [0.25, 0.3) is 0 Å². The molecule has 3 rings (SSSR count). The largest absolute Gasteiger partial charge is 0.391 e. The number of aliphatic hydroxyl groups is 6. The van der Waals surface area contributed by atoms with Crippen LogP contribution in [-0.2, 0) is 18.9 Å². The number of nitrogens with one attached hydrogen (secondary N) is 1. The third-order valence-corrected chi connectivity index (χ3v) is 6.95. The van der Waals surface area contributed by atoms with Crippen LogP contribution in [0.5, 0.6) is 0 Å². The minimum Gasteiger partial charge on any atom is -0.391 e. The number of likely N-dealkylation sites (N-methyl/N-ethyl adjacent to an activating group) is 1. The van der Waals surface area contributed by atoms with Gasteiger partial charge in [-0.1, -0.05) is 0 Å². The molecule has 0 aromatic carbocycles. The highest BCUT2D eigenvalue weighted by atomic mass is 16.7. The van der Waals surface area contributed by atoms with Crippen LogP contribution in [-0.4, -0.2) is 135 Å². The van der Waals surface area contributed by atoms with E-state index in [4.69, 9.17) is 36.1 Å². The minimum absolute atomic E-state index is 0.135. The van der Waals surface area contributed by atoms with Crippen LogP contribution >= 0.6 is 0 Å². The first-order valence-electron chi connectivity index (χ1n) is 11.4. The maximum absolute atomic E-state index is 11.1. The van der Waals surface area contributed by atoms with E-state index in [1.807, 2.05) is 0 Å². The van der Waals surface area contributed by atoms with E-state index >= 15 is 0 Å². The van der Waals surface area contributed by atoms with Gasteiger partial charge in [0.05, 0.1) is 24.8 Å². The number of hydrogen-bond donors (Lipinski definition) is 10. The average molecular weight is 497 g/mol. The second kappa shape index (κ2) is 10.8. The predicted octanol–water partition coefficient (Wildman–Crippen LogP) is -5.61. The molecule has 14 nitrogen and oxygen atoms in total. The van der Waals surface area contributed by atoms with Crippen LogP contribution in [0.15, 0.2) is 0 Å². The zero-order chi connectivity index (χ0) is 25.5. The summed E-state index contributed by atoms with van der Waals surface area (Å²) >= 11 is 0. The molecule has 0 amide bonds. The summed E-state index contributed by atoms with van der Waals surface area (Å²) in [6, 6.07) is -3.47. The van der Waals surface area contributed by atoms with Crippen molar-refractivity contribution < 1.29 is 49.6 Å². The molecule has 200 valence electrons. The lowest BCUT2D eigenvalue weighted by molar-refractivity contribution is -0.319. The van der Waals surface area contributed by atoms with Gasteiger partial charge in [0.2, 0.25) is 0 Å². The first kappa shape index (κ1) is 28.0. The van der Waals surface area contributed by atoms with E-state index in [0.29, 0.717) is 0 Å². The molecule has 0 aromatic heterocycles. The van der Waals surface area contributed by atoms with Gasteiger partial charge >= 0.3 is 0 Å².